The van der Waals surface area contributed by atoms with Crippen molar-refractivity contribution in [2.45, 2.75) is 70.0 Å². The molecular formula is C29H31F9N6O. The van der Waals surface area contributed by atoms with Crippen LogP contribution in [0.15, 0.2) is 36.4 Å². The van der Waals surface area contributed by atoms with Crippen molar-refractivity contribution < 1.29 is 44.3 Å². The molecule has 2 heterocycles. The normalized spacial score (nSPS) is 18.9. The number of halogens is 9. The minimum atomic E-state index is -5.08. The first-order chi connectivity index (χ1) is 21.1. The van der Waals surface area contributed by atoms with Gasteiger partial charge in [-0.05, 0) is 71.0 Å². The van der Waals surface area contributed by atoms with Gasteiger partial charge in [0, 0.05) is 32.7 Å². The number of aryl methyl sites for hydroxylation is 1. The molecule has 2 aromatic carbocycles. The lowest BCUT2D eigenvalue weighted by Gasteiger charge is -2.36. The van der Waals surface area contributed by atoms with Crippen LogP contribution in [-0.4, -0.2) is 50.9 Å². The maximum Gasteiger partial charge on any atom is 0.416 e. The highest BCUT2D eigenvalue weighted by Crippen LogP contribution is 2.38. The highest BCUT2D eigenvalue weighted by atomic mass is 19.4. The summed E-state index contributed by atoms with van der Waals surface area (Å²) in [5.41, 5.74) is -3.66. The van der Waals surface area contributed by atoms with E-state index in [2.05, 4.69) is 20.3 Å². The highest BCUT2D eigenvalue weighted by molar-refractivity contribution is 5.41. The van der Waals surface area contributed by atoms with Crippen LogP contribution in [0.4, 0.5) is 45.5 Å². The molecular weight excluding hydrogens is 619 g/mol. The van der Waals surface area contributed by atoms with E-state index in [-0.39, 0.29) is 42.3 Å². The van der Waals surface area contributed by atoms with Gasteiger partial charge in [0.25, 0.3) is 5.95 Å². The van der Waals surface area contributed by atoms with E-state index in [0.29, 0.717) is 43.3 Å². The number of nitrogens with zero attached hydrogens (tertiary/aromatic N) is 6. The maximum atomic E-state index is 13.8. The molecule has 246 valence electrons. The molecule has 1 saturated heterocycles. The van der Waals surface area contributed by atoms with E-state index in [1.807, 2.05) is 0 Å². The van der Waals surface area contributed by atoms with Crippen LogP contribution in [0.1, 0.15) is 59.1 Å². The number of alkyl halides is 9. The zero-order chi connectivity index (χ0) is 32.6. The standard InChI is InChI=1S/C29H31F9N6O/c1-42-40-26(39-41-42)44(14-18-10-23(28(33,34)35)13-24(11-18)29(36,37)38)16-21-12-22(27(30,31)32)7-6-20(21)15-43-8-9-45-25(17-43)19-4-2-3-5-19/h6-7,10-13,19,25H,2-5,8-9,14-17H2,1H3. The first-order valence-corrected chi connectivity index (χ1v) is 14.4. The molecule has 1 unspecified atom stereocenters. The van der Waals surface area contributed by atoms with Crippen molar-refractivity contribution in [1.82, 2.24) is 25.1 Å². The Kier molecular flexibility index (Phi) is 9.36. The maximum absolute atomic E-state index is 13.8. The second-order valence-corrected chi connectivity index (χ2v) is 11.5. The van der Waals surface area contributed by atoms with Crippen LogP contribution in [0, 0.1) is 5.92 Å². The summed E-state index contributed by atoms with van der Waals surface area (Å²) in [5, 5.41) is 11.6. The van der Waals surface area contributed by atoms with E-state index in [9.17, 15) is 39.5 Å². The molecule has 0 radical (unpaired) electrons. The fourth-order valence-electron chi connectivity index (χ4n) is 5.97. The number of rotatable bonds is 8. The van der Waals surface area contributed by atoms with Crippen LogP contribution in [0.2, 0.25) is 0 Å². The van der Waals surface area contributed by atoms with Gasteiger partial charge < -0.3 is 9.64 Å². The van der Waals surface area contributed by atoms with Crippen molar-refractivity contribution >= 4 is 5.95 Å². The Morgan fingerprint density at radius 2 is 1.47 bits per heavy atom. The Hall–Kier alpha value is -3.40. The van der Waals surface area contributed by atoms with E-state index >= 15 is 0 Å². The minimum Gasteiger partial charge on any atom is -0.375 e. The van der Waals surface area contributed by atoms with Gasteiger partial charge in [0.15, 0.2) is 0 Å². The van der Waals surface area contributed by atoms with Gasteiger partial charge in [0.05, 0.1) is 36.4 Å². The first-order valence-electron chi connectivity index (χ1n) is 14.4. The van der Waals surface area contributed by atoms with E-state index in [1.54, 1.807) is 0 Å². The summed E-state index contributed by atoms with van der Waals surface area (Å²) in [4.78, 5) is 4.33. The lowest BCUT2D eigenvalue weighted by Crippen LogP contribution is -2.45. The smallest absolute Gasteiger partial charge is 0.375 e. The monoisotopic (exact) mass is 650 g/mol. The SMILES string of the molecule is Cn1nnc(N(Cc2cc(C(F)(F)F)cc(C(F)(F)F)c2)Cc2cc(C(F)(F)F)ccc2CN2CCOC(C3CCCC3)C2)n1. The Bertz CT molecular complexity index is 1430. The van der Waals surface area contributed by atoms with Gasteiger partial charge in [-0.25, -0.2) is 0 Å². The summed E-state index contributed by atoms with van der Waals surface area (Å²) in [6.45, 7) is 0.941. The van der Waals surface area contributed by atoms with Gasteiger partial charge in [0.2, 0.25) is 0 Å². The van der Waals surface area contributed by atoms with Crippen molar-refractivity contribution in [3.05, 3.63) is 69.8 Å². The first kappa shape index (κ1) is 33.0. The number of ether oxygens (including phenoxy) is 1. The van der Waals surface area contributed by atoms with Crippen LogP contribution >= 0.6 is 0 Å². The summed E-state index contributed by atoms with van der Waals surface area (Å²) in [7, 11) is 1.40. The molecule has 3 aromatic rings. The summed E-state index contributed by atoms with van der Waals surface area (Å²) >= 11 is 0. The molecule has 7 nitrogen and oxygen atoms in total. The number of aromatic nitrogens is 4. The summed E-state index contributed by atoms with van der Waals surface area (Å²) in [5.74, 6) is 0.228. The predicted octanol–water partition coefficient (Wildman–Crippen LogP) is 6.86. The molecule has 0 bridgehead atoms. The molecule has 1 atom stereocenters. The Morgan fingerprint density at radius 3 is 2.04 bits per heavy atom. The lowest BCUT2D eigenvalue weighted by molar-refractivity contribution is -0.143. The fraction of sp³-hybridized carbons (Fsp3) is 0.552. The molecule has 0 amide bonds. The van der Waals surface area contributed by atoms with E-state index in [4.69, 9.17) is 4.74 Å². The predicted molar refractivity (Wildman–Crippen MR) is 144 cm³/mol. The van der Waals surface area contributed by atoms with Gasteiger partial charge in [-0.1, -0.05) is 24.0 Å². The molecule has 5 rings (SSSR count). The van der Waals surface area contributed by atoms with Crippen molar-refractivity contribution in [3.63, 3.8) is 0 Å². The van der Waals surface area contributed by atoms with E-state index in [0.717, 1.165) is 42.6 Å². The summed E-state index contributed by atoms with van der Waals surface area (Å²) < 4.78 is 129. The molecule has 45 heavy (non-hydrogen) atoms. The van der Waals surface area contributed by atoms with Crippen molar-refractivity contribution in [2.24, 2.45) is 13.0 Å². The average molecular weight is 651 g/mol. The second kappa shape index (κ2) is 12.8. The minimum absolute atomic E-state index is 0.00294. The molecule has 2 aliphatic rings. The van der Waals surface area contributed by atoms with Crippen molar-refractivity contribution in [3.8, 4) is 0 Å². The third-order valence-electron chi connectivity index (χ3n) is 8.19. The second-order valence-electron chi connectivity index (χ2n) is 11.5. The molecule has 16 heteroatoms. The van der Waals surface area contributed by atoms with Gasteiger partial charge in [0.1, 0.15) is 0 Å². The third-order valence-corrected chi connectivity index (χ3v) is 8.19. The van der Waals surface area contributed by atoms with Crippen molar-refractivity contribution in [1.29, 1.82) is 0 Å². The van der Waals surface area contributed by atoms with Crippen molar-refractivity contribution in [2.75, 3.05) is 24.6 Å². The number of benzene rings is 2. The molecule has 0 N–H and O–H groups in total. The molecule has 1 aliphatic heterocycles. The average Bonchev–Trinajstić information content (AvgIpc) is 3.64. The number of anilines is 1. The van der Waals surface area contributed by atoms with Crippen LogP contribution in [0.5, 0.6) is 0 Å². The van der Waals surface area contributed by atoms with Crippen LogP contribution < -0.4 is 4.90 Å². The number of hydrogen-bond acceptors (Lipinski definition) is 6. The Balaban J connectivity index is 1.49. The largest absolute Gasteiger partial charge is 0.416 e. The summed E-state index contributed by atoms with van der Waals surface area (Å²) in [6.07, 6.45) is -10.5. The fourth-order valence-corrected chi connectivity index (χ4v) is 5.97. The number of tetrazole rings is 1. The molecule has 0 spiro atoms. The van der Waals surface area contributed by atoms with Crippen LogP contribution in [0.3, 0.4) is 0 Å². The molecule has 1 saturated carbocycles. The Labute approximate surface area is 252 Å². The lowest BCUT2D eigenvalue weighted by atomic mass is 9.98. The Morgan fingerprint density at radius 1 is 0.822 bits per heavy atom. The van der Waals surface area contributed by atoms with Crippen LogP contribution in [-0.2, 0) is 49.9 Å². The van der Waals surface area contributed by atoms with Gasteiger partial charge in [-0.3, -0.25) is 4.90 Å². The zero-order valence-corrected chi connectivity index (χ0v) is 24.2. The molecule has 1 aliphatic carbocycles. The van der Waals surface area contributed by atoms with E-state index < -0.39 is 41.8 Å². The quantitative estimate of drug-likeness (QED) is 0.248. The van der Waals surface area contributed by atoms with Gasteiger partial charge in [-0.2, -0.15) is 44.3 Å². The topological polar surface area (TPSA) is 59.3 Å². The highest BCUT2D eigenvalue weighted by Gasteiger charge is 2.38. The van der Waals surface area contributed by atoms with Crippen LogP contribution in [0.25, 0.3) is 0 Å². The van der Waals surface area contributed by atoms with Gasteiger partial charge in [-0.15, -0.1) is 5.10 Å². The number of hydrogen-bond donors (Lipinski definition) is 0. The number of morpholine rings is 1. The zero-order valence-electron chi connectivity index (χ0n) is 24.2. The third kappa shape index (κ3) is 8.26. The molecule has 1 aromatic heterocycles. The van der Waals surface area contributed by atoms with E-state index in [1.165, 1.54) is 18.0 Å². The van der Waals surface area contributed by atoms with Gasteiger partial charge >= 0.3 is 18.5 Å². The molecule has 2 fully saturated rings. The summed E-state index contributed by atoms with van der Waals surface area (Å²) in [6, 6.07) is 4.42.